The second kappa shape index (κ2) is 9.66. The summed E-state index contributed by atoms with van der Waals surface area (Å²) in [4.78, 5) is 21.7. The van der Waals surface area contributed by atoms with Crippen LogP contribution in [0.15, 0.2) is 60.8 Å². The van der Waals surface area contributed by atoms with Gasteiger partial charge < -0.3 is 29.6 Å². The van der Waals surface area contributed by atoms with Crippen LogP contribution in [0.1, 0.15) is 10.4 Å². The van der Waals surface area contributed by atoms with E-state index in [0.29, 0.717) is 30.5 Å². The van der Waals surface area contributed by atoms with Gasteiger partial charge in [-0.15, -0.1) is 0 Å². The first kappa shape index (κ1) is 22.1. The number of rotatable bonds is 7. The fourth-order valence-corrected chi connectivity index (χ4v) is 4.26. The number of nitrogens with one attached hydrogen (secondary N) is 2. The molecule has 9 heteroatoms. The summed E-state index contributed by atoms with van der Waals surface area (Å²) >= 11 is 0. The molecule has 0 radical (unpaired) electrons. The minimum Gasteiger partial charge on any atom is -0.497 e. The summed E-state index contributed by atoms with van der Waals surface area (Å²) in [7, 11) is 3.23. The second-order valence-electron chi connectivity index (χ2n) is 8.15. The predicted octanol–water partition coefficient (Wildman–Crippen LogP) is 2.54. The number of ether oxygens (including phenoxy) is 4. The van der Waals surface area contributed by atoms with Gasteiger partial charge in [-0.2, -0.15) is 0 Å². The van der Waals surface area contributed by atoms with Crippen molar-refractivity contribution in [1.82, 2.24) is 15.3 Å². The molecular formula is C25H26N4O5. The summed E-state index contributed by atoms with van der Waals surface area (Å²) in [5.41, 5.74) is 2.32. The first-order valence-corrected chi connectivity index (χ1v) is 11.1. The Balaban J connectivity index is 1.21. The van der Waals surface area contributed by atoms with E-state index in [9.17, 15) is 4.79 Å². The molecule has 3 heterocycles. The number of carbonyl (C=O) groups excluding carboxylic acids is 1. The maximum absolute atomic E-state index is 12.7. The second-order valence-corrected chi connectivity index (χ2v) is 8.15. The highest BCUT2D eigenvalue weighted by molar-refractivity contribution is 5.94. The van der Waals surface area contributed by atoms with Crippen molar-refractivity contribution in [2.75, 3.05) is 32.8 Å². The molecule has 0 spiro atoms. The van der Waals surface area contributed by atoms with Gasteiger partial charge in [0.2, 0.25) is 5.95 Å². The average molecular weight is 463 g/mol. The normalized spacial score (nSPS) is 23.2. The van der Waals surface area contributed by atoms with Gasteiger partial charge in [0.05, 0.1) is 45.2 Å². The van der Waals surface area contributed by atoms with Crippen molar-refractivity contribution in [2.45, 2.75) is 24.3 Å². The van der Waals surface area contributed by atoms with Gasteiger partial charge >= 0.3 is 0 Å². The van der Waals surface area contributed by atoms with Crippen molar-refractivity contribution < 1.29 is 23.7 Å². The third kappa shape index (κ3) is 4.52. The molecule has 2 fully saturated rings. The maximum Gasteiger partial charge on any atom is 0.251 e. The van der Waals surface area contributed by atoms with Crippen molar-refractivity contribution in [1.29, 1.82) is 0 Å². The van der Waals surface area contributed by atoms with Gasteiger partial charge in [-0.05, 0) is 54.6 Å². The molecule has 1 amide bonds. The third-order valence-electron chi connectivity index (χ3n) is 6.08. The van der Waals surface area contributed by atoms with E-state index in [-0.39, 0.29) is 30.2 Å². The molecule has 9 nitrogen and oxygen atoms in total. The van der Waals surface area contributed by atoms with Gasteiger partial charge in [0.1, 0.15) is 23.7 Å². The molecule has 2 aromatic carbocycles. The number of nitrogens with zero attached hydrogens (tertiary/aromatic N) is 2. The van der Waals surface area contributed by atoms with Gasteiger partial charge in [0.25, 0.3) is 5.91 Å². The molecule has 0 saturated carbocycles. The molecule has 2 aliphatic rings. The number of fused-ring (bicyclic) bond motifs is 1. The van der Waals surface area contributed by atoms with Crippen LogP contribution in [0.5, 0.6) is 11.5 Å². The van der Waals surface area contributed by atoms with Crippen molar-refractivity contribution in [3.8, 4) is 22.8 Å². The Morgan fingerprint density at radius 1 is 0.882 bits per heavy atom. The monoisotopic (exact) mass is 462 g/mol. The van der Waals surface area contributed by atoms with E-state index >= 15 is 0 Å². The lowest BCUT2D eigenvalue weighted by molar-refractivity contribution is 0.0652. The Bertz CT molecular complexity index is 1140. The molecule has 34 heavy (non-hydrogen) atoms. The molecule has 2 saturated heterocycles. The number of benzene rings is 2. The lowest BCUT2D eigenvalue weighted by Gasteiger charge is -2.18. The van der Waals surface area contributed by atoms with Crippen LogP contribution in [-0.4, -0.2) is 67.6 Å². The maximum atomic E-state index is 12.7. The number of carbonyl (C=O) groups is 1. The topological polar surface area (TPSA) is 104 Å². The van der Waals surface area contributed by atoms with Crippen molar-refractivity contribution in [3.05, 3.63) is 66.4 Å². The Kier molecular flexibility index (Phi) is 6.29. The van der Waals surface area contributed by atoms with Crippen LogP contribution in [-0.2, 0) is 9.47 Å². The summed E-state index contributed by atoms with van der Waals surface area (Å²) in [5.74, 6) is 1.81. The van der Waals surface area contributed by atoms with Crippen LogP contribution >= 0.6 is 0 Å². The van der Waals surface area contributed by atoms with Crippen molar-refractivity contribution in [3.63, 3.8) is 0 Å². The van der Waals surface area contributed by atoms with Crippen LogP contribution in [0.25, 0.3) is 11.3 Å². The average Bonchev–Trinajstić information content (AvgIpc) is 3.47. The fraction of sp³-hybridized carbons (Fsp3) is 0.320. The minimum atomic E-state index is -0.246. The smallest absolute Gasteiger partial charge is 0.251 e. The highest BCUT2D eigenvalue weighted by Gasteiger charge is 2.48. The highest BCUT2D eigenvalue weighted by Crippen LogP contribution is 2.29. The largest absolute Gasteiger partial charge is 0.497 e. The van der Waals surface area contributed by atoms with E-state index in [2.05, 4.69) is 20.6 Å². The van der Waals surface area contributed by atoms with Crippen LogP contribution in [0.4, 0.5) is 5.95 Å². The van der Waals surface area contributed by atoms with E-state index in [4.69, 9.17) is 18.9 Å². The minimum absolute atomic E-state index is 0.126. The van der Waals surface area contributed by atoms with Gasteiger partial charge in [-0.3, -0.25) is 4.79 Å². The van der Waals surface area contributed by atoms with Crippen LogP contribution in [0, 0.1) is 0 Å². The quantitative estimate of drug-likeness (QED) is 0.552. The standard InChI is InChI=1S/C25H26N4O5/c1-31-17-7-3-15(4-8-17)19-11-12-26-25(28-19)29-21-14-34-22-20(13-33-23(21)22)27-24(30)16-5-9-18(32-2)10-6-16/h3-12,20-23H,13-14H2,1-2H3,(H,27,30)(H,26,28,29)/t20-,21-,22+,23+/m0/s1. The molecule has 3 aromatic rings. The number of methoxy groups -OCH3 is 2. The Morgan fingerprint density at radius 3 is 2.18 bits per heavy atom. The molecular weight excluding hydrogens is 436 g/mol. The van der Waals surface area contributed by atoms with Crippen LogP contribution in [0.2, 0.25) is 0 Å². The molecule has 0 aliphatic carbocycles. The molecule has 1 aromatic heterocycles. The lowest BCUT2D eigenvalue weighted by Crippen LogP contribution is -2.44. The Labute approximate surface area is 197 Å². The summed E-state index contributed by atoms with van der Waals surface area (Å²) < 4.78 is 22.4. The zero-order chi connectivity index (χ0) is 23.5. The summed E-state index contributed by atoms with van der Waals surface area (Å²) in [6, 6.07) is 16.2. The molecule has 176 valence electrons. The Hall–Kier alpha value is -3.69. The van der Waals surface area contributed by atoms with Gasteiger partial charge in [0, 0.05) is 17.3 Å². The summed E-state index contributed by atoms with van der Waals surface area (Å²) in [6.07, 6.45) is 1.26. The van der Waals surface area contributed by atoms with E-state index in [1.165, 1.54) is 0 Å². The van der Waals surface area contributed by atoms with Gasteiger partial charge in [-0.1, -0.05) is 0 Å². The first-order valence-electron chi connectivity index (χ1n) is 11.1. The zero-order valence-electron chi connectivity index (χ0n) is 18.9. The number of aromatic nitrogens is 2. The van der Waals surface area contributed by atoms with E-state index in [0.717, 1.165) is 17.0 Å². The van der Waals surface area contributed by atoms with E-state index in [1.807, 2.05) is 30.3 Å². The number of hydrogen-bond acceptors (Lipinski definition) is 8. The van der Waals surface area contributed by atoms with E-state index in [1.54, 1.807) is 44.7 Å². The molecule has 5 rings (SSSR count). The molecule has 0 unspecified atom stereocenters. The zero-order valence-corrected chi connectivity index (χ0v) is 18.9. The number of amides is 1. The summed E-state index contributed by atoms with van der Waals surface area (Å²) in [5, 5.41) is 6.37. The first-order chi connectivity index (χ1) is 16.6. The number of hydrogen-bond donors (Lipinski definition) is 2. The highest BCUT2D eigenvalue weighted by atomic mass is 16.6. The predicted molar refractivity (Wildman–Crippen MR) is 125 cm³/mol. The SMILES string of the molecule is COc1ccc(C(=O)N[C@H]2CO[C@H]3[C@@H]2OC[C@@H]3Nc2nccc(-c3ccc(OC)cc3)n2)cc1. The van der Waals surface area contributed by atoms with Gasteiger partial charge in [-0.25, -0.2) is 9.97 Å². The Morgan fingerprint density at radius 2 is 1.50 bits per heavy atom. The van der Waals surface area contributed by atoms with Crippen molar-refractivity contribution in [2.24, 2.45) is 0 Å². The molecule has 2 N–H and O–H groups in total. The van der Waals surface area contributed by atoms with Crippen LogP contribution < -0.4 is 20.1 Å². The molecule has 2 aliphatic heterocycles. The third-order valence-corrected chi connectivity index (χ3v) is 6.08. The molecule has 0 bridgehead atoms. The van der Waals surface area contributed by atoms with E-state index < -0.39 is 0 Å². The van der Waals surface area contributed by atoms with Crippen molar-refractivity contribution >= 4 is 11.9 Å². The van der Waals surface area contributed by atoms with Gasteiger partial charge in [0.15, 0.2) is 0 Å². The van der Waals surface area contributed by atoms with Crippen LogP contribution in [0.3, 0.4) is 0 Å². The molecule has 4 atom stereocenters. The fourth-order valence-electron chi connectivity index (χ4n) is 4.26. The summed E-state index contributed by atoms with van der Waals surface area (Å²) in [6.45, 7) is 0.808. The lowest BCUT2D eigenvalue weighted by atomic mass is 10.1. The number of anilines is 1.